The molecule has 0 radical (unpaired) electrons. The summed E-state index contributed by atoms with van der Waals surface area (Å²) in [7, 11) is 0. The number of alkyl halides is 3. The molecule has 7 nitrogen and oxygen atoms in total. The Kier molecular flexibility index (Phi) is 7.17. The molecule has 30 heavy (non-hydrogen) atoms. The van der Waals surface area contributed by atoms with E-state index in [1.807, 2.05) is 17.1 Å². The van der Waals surface area contributed by atoms with Crippen LogP contribution in [0.25, 0.3) is 0 Å². The highest BCUT2D eigenvalue weighted by molar-refractivity contribution is 5.94. The van der Waals surface area contributed by atoms with Crippen LogP contribution < -0.4 is 0 Å². The molecule has 0 spiro atoms. The SMILES string of the molecule is O=C(O)C(F)(F)F.O=C(c1n[nH]c2c1CN(CC1CCCCC1)CC2)N1CC=CC1. The molecule has 1 aliphatic carbocycles. The van der Waals surface area contributed by atoms with Crippen LogP contribution in [0.3, 0.4) is 0 Å². The first-order chi connectivity index (χ1) is 14.3. The number of fused-ring (bicyclic) bond motifs is 1. The summed E-state index contributed by atoms with van der Waals surface area (Å²) in [6, 6.07) is 0. The molecule has 10 heteroatoms. The van der Waals surface area contributed by atoms with E-state index in [-0.39, 0.29) is 5.91 Å². The Hall–Kier alpha value is -2.36. The molecular formula is C20H27F3N4O3. The van der Waals surface area contributed by atoms with Crippen LogP contribution >= 0.6 is 0 Å². The van der Waals surface area contributed by atoms with Gasteiger partial charge in [0.15, 0.2) is 5.69 Å². The number of carboxylic acids is 1. The minimum absolute atomic E-state index is 0.0759. The average Bonchev–Trinajstić information content (AvgIpc) is 3.38. The second-order valence-corrected chi connectivity index (χ2v) is 8.00. The number of carbonyl (C=O) groups excluding carboxylic acids is 1. The number of carbonyl (C=O) groups is 2. The molecule has 1 saturated carbocycles. The topological polar surface area (TPSA) is 89.5 Å². The van der Waals surface area contributed by atoms with Crippen LogP contribution in [0.1, 0.15) is 53.8 Å². The lowest BCUT2D eigenvalue weighted by Crippen LogP contribution is -2.36. The number of nitrogens with one attached hydrogen (secondary N) is 1. The Morgan fingerprint density at radius 3 is 2.40 bits per heavy atom. The number of aromatic amines is 1. The highest BCUT2D eigenvalue weighted by Crippen LogP contribution is 2.28. The summed E-state index contributed by atoms with van der Waals surface area (Å²) in [6.45, 7) is 4.58. The first kappa shape index (κ1) is 22.3. The molecule has 1 aromatic rings. The smallest absolute Gasteiger partial charge is 0.475 e. The Balaban J connectivity index is 0.000000318. The third-order valence-electron chi connectivity index (χ3n) is 5.80. The van der Waals surface area contributed by atoms with Gasteiger partial charge in [0.2, 0.25) is 0 Å². The zero-order valence-corrected chi connectivity index (χ0v) is 16.7. The highest BCUT2D eigenvalue weighted by Gasteiger charge is 2.38. The summed E-state index contributed by atoms with van der Waals surface area (Å²) >= 11 is 0. The average molecular weight is 428 g/mol. The van der Waals surface area contributed by atoms with Crippen molar-refractivity contribution in [2.45, 2.75) is 51.2 Å². The molecule has 1 amide bonds. The minimum atomic E-state index is -5.08. The van der Waals surface area contributed by atoms with E-state index in [0.29, 0.717) is 18.8 Å². The van der Waals surface area contributed by atoms with E-state index in [2.05, 4.69) is 15.1 Å². The number of rotatable bonds is 3. The highest BCUT2D eigenvalue weighted by atomic mass is 19.4. The van der Waals surface area contributed by atoms with Gasteiger partial charge in [0, 0.05) is 50.4 Å². The molecule has 4 rings (SSSR count). The Labute approximate surface area is 172 Å². The van der Waals surface area contributed by atoms with Crippen molar-refractivity contribution in [2.75, 3.05) is 26.2 Å². The van der Waals surface area contributed by atoms with Crippen molar-refractivity contribution in [3.8, 4) is 0 Å². The van der Waals surface area contributed by atoms with Crippen LogP contribution in [0, 0.1) is 5.92 Å². The van der Waals surface area contributed by atoms with Crippen LogP contribution in [0.4, 0.5) is 13.2 Å². The number of H-pyrrole nitrogens is 1. The summed E-state index contributed by atoms with van der Waals surface area (Å²) in [5.41, 5.74) is 2.96. The third-order valence-corrected chi connectivity index (χ3v) is 5.80. The monoisotopic (exact) mass is 428 g/mol. The van der Waals surface area contributed by atoms with E-state index in [0.717, 1.165) is 31.0 Å². The molecule has 0 atom stereocenters. The lowest BCUT2D eigenvalue weighted by Gasteiger charge is -2.32. The lowest BCUT2D eigenvalue weighted by molar-refractivity contribution is -0.192. The zero-order valence-electron chi connectivity index (χ0n) is 16.7. The number of halogens is 3. The molecule has 2 aliphatic heterocycles. The molecule has 1 fully saturated rings. The van der Waals surface area contributed by atoms with E-state index >= 15 is 0 Å². The molecule has 0 unspecified atom stereocenters. The van der Waals surface area contributed by atoms with Crippen molar-refractivity contribution in [3.63, 3.8) is 0 Å². The van der Waals surface area contributed by atoms with Gasteiger partial charge in [-0.3, -0.25) is 14.8 Å². The first-order valence-electron chi connectivity index (χ1n) is 10.3. The molecular weight excluding hydrogens is 401 g/mol. The Morgan fingerprint density at radius 2 is 1.80 bits per heavy atom. The number of aliphatic carboxylic acids is 1. The molecule has 0 bridgehead atoms. The molecule has 3 aliphatic rings. The summed E-state index contributed by atoms with van der Waals surface area (Å²) in [5, 5.41) is 14.6. The normalized spacial score (nSPS) is 19.9. The first-order valence-corrected chi connectivity index (χ1v) is 10.3. The summed E-state index contributed by atoms with van der Waals surface area (Å²) in [4.78, 5) is 25.9. The molecule has 0 saturated heterocycles. The lowest BCUT2D eigenvalue weighted by atomic mass is 9.88. The minimum Gasteiger partial charge on any atom is -0.475 e. The van der Waals surface area contributed by atoms with Crippen molar-refractivity contribution >= 4 is 11.9 Å². The largest absolute Gasteiger partial charge is 0.490 e. The van der Waals surface area contributed by atoms with Crippen LogP contribution in [0.2, 0.25) is 0 Å². The third kappa shape index (κ3) is 5.62. The van der Waals surface area contributed by atoms with Gasteiger partial charge in [-0.1, -0.05) is 31.4 Å². The van der Waals surface area contributed by atoms with Gasteiger partial charge < -0.3 is 10.0 Å². The number of hydrogen-bond acceptors (Lipinski definition) is 4. The van der Waals surface area contributed by atoms with Gasteiger partial charge in [-0.25, -0.2) is 4.79 Å². The van der Waals surface area contributed by atoms with Crippen LogP contribution in [0.15, 0.2) is 12.2 Å². The van der Waals surface area contributed by atoms with E-state index in [1.165, 1.54) is 44.3 Å². The van der Waals surface area contributed by atoms with E-state index in [1.54, 1.807) is 0 Å². The van der Waals surface area contributed by atoms with Crippen LogP contribution in [-0.4, -0.2) is 69.3 Å². The van der Waals surface area contributed by atoms with Crippen molar-refractivity contribution in [1.82, 2.24) is 20.0 Å². The number of carboxylic acid groups (broad SMARTS) is 1. The fourth-order valence-electron chi connectivity index (χ4n) is 4.21. The van der Waals surface area contributed by atoms with E-state index in [4.69, 9.17) is 9.90 Å². The van der Waals surface area contributed by atoms with Gasteiger partial charge in [-0.05, 0) is 18.8 Å². The standard InChI is InChI=1S/C18H26N4O.C2HF3O2/c23-18(22-9-4-5-10-22)17-15-13-21(11-8-16(15)19-20-17)12-14-6-2-1-3-7-14;3-2(4,5)1(6)7/h4-5,14H,1-3,6-13H2,(H,19,20);(H,6,7). The van der Waals surface area contributed by atoms with Crippen molar-refractivity contribution < 1.29 is 27.9 Å². The summed E-state index contributed by atoms with van der Waals surface area (Å²) in [6.07, 6.45) is 6.94. The quantitative estimate of drug-likeness (QED) is 0.723. The van der Waals surface area contributed by atoms with Crippen molar-refractivity contribution in [1.29, 1.82) is 0 Å². The van der Waals surface area contributed by atoms with Gasteiger partial charge in [0.1, 0.15) is 0 Å². The van der Waals surface area contributed by atoms with Crippen molar-refractivity contribution in [3.05, 3.63) is 29.1 Å². The molecule has 2 N–H and O–H groups in total. The summed E-state index contributed by atoms with van der Waals surface area (Å²) in [5.74, 6) is -1.83. The Bertz CT molecular complexity index is 777. The van der Waals surface area contributed by atoms with E-state index in [9.17, 15) is 18.0 Å². The number of hydrogen-bond donors (Lipinski definition) is 2. The van der Waals surface area contributed by atoms with Gasteiger partial charge in [-0.15, -0.1) is 0 Å². The number of aromatic nitrogens is 2. The molecule has 166 valence electrons. The van der Waals surface area contributed by atoms with Gasteiger partial charge in [-0.2, -0.15) is 18.3 Å². The fraction of sp³-hybridized carbons (Fsp3) is 0.650. The predicted octanol–water partition coefficient (Wildman–Crippen LogP) is 2.99. The second-order valence-electron chi connectivity index (χ2n) is 8.00. The van der Waals surface area contributed by atoms with Gasteiger partial charge >= 0.3 is 12.1 Å². The van der Waals surface area contributed by atoms with Gasteiger partial charge in [0.25, 0.3) is 5.91 Å². The maximum Gasteiger partial charge on any atom is 0.490 e. The van der Waals surface area contributed by atoms with Crippen LogP contribution in [-0.2, 0) is 17.8 Å². The van der Waals surface area contributed by atoms with Crippen molar-refractivity contribution in [2.24, 2.45) is 5.92 Å². The number of amides is 1. The maximum atomic E-state index is 12.7. The fourth-order valence-corrected chi connectivity index (χ4v) is 4.21. The van der Waals surface area contributed by atoms with E-state index < -0.39 is 12.1 Å². The molecule has 3 heterocycles. The maximum absolute atomic E-state index is 12.7. The second kappa shape index (κ2) is 9.63. The summed E-state index contributed by atoms with van der Waals surface area (Å²) < 4.78 is 31.7. The molecule has 0 aromatic carbocycles. The van der Waals surface area contributed by atoms with Crippen LogP contribution in [0.5, 0.6) is 0 Å². The predicted molar refractivity (Wildman–Crippen MR) is 103 cm³/mol. The van der Waals surface area contributed by atoms with Gasteiger partial charge in [0.05, 0.1) is 0 Å². The Morgan fingerprint density at radius 1 is 1.17 bits per heavy atom. The molecule has 1 aromatic heterocycles. The number of nitrogens with zero attached hydrogens (tertiary/aromatic N) is 3. The zero-order chi connectivity index (χ0) is 21.7.